The van der Waals surface area contributed by atoms with Crippen LogP contribution >= 0.6 is 0 Å². The molecular formula is C17H21NO2. The van der Waals surface area contributed by atoms with Crippen molar-refractivity contribution in [2.24, 2.45) is 0 Å². The highest BCUT2D eigenvalue weighted by atomic mass is 16.5. The van der Waals surface area contributed by atoms with Gasteiger partial charge in [-0.25, -0.2) is 0 Å². The second-order valence-electron chi connectivity index (χ2n) is 4.73. The van der Waals surface area contributed by atoms with Crippen LogP contribution in [0.2, 0.25) is 0 Å². The molecule has 0 aromatic heterocycles. The smallest absolute Gasteiger partial charge is 0.162 e. The van der Waals surface area contributed by atoms with E-state index in [0.29, 0.717) is 6.61 Å². The van der Waals surface area contributed by atoms with Gasteiger partial charge >= 0.3 is 0 Å². The van der Waals surface area contributed by atoms with Crippen LogP contribution in [0.3, 0.4) is 0 Å². The first kappa shape index (κ1) is 14.3. The Bertz CT molecular complexity index is 554. The van der Waals surface area contributed by atoms with Crippen LogP contribution in [0, 0.1) is 0 Å². The normalized spacial score (nSPS) is 11.9. The third-order valence-electron chi connectivity index (χ3n) is 2.99. The lowest BCUT2D eigenvalue weighted by Gasteiger charge is -2.18. The summed E-state index contributed by atoms with van der Waals surface area (Å²) in [6.45, 7) is 4.78. The van der Waals surface area contributed by atoms with E-state index in [4.69, 9.17) is 15.2 Å². The minimum atomic E-state index is -0.0788. The zero-order valence-electron chi connectivity index (χ0n) is 12.0. The predicted octanol–water partition coefficient (Wildman–Crippen LogP) is 4.20. The van der Waals surface area contributed by atoms with Crippen molar-refractivity contribution < 1.29 is 9.47 Å². The second-order valence-corrected chi connectivity index (χ2v) is 4.73. The Morgan fingerprint density at radius 2 is 1.80 bits per heavy atom. The first-order valence-corrected chi connectivity index (χ1v) is 6.94. The van der Waals surface area contributed by atoms with Crippen LogP contribution in [0.15, 0.2) is 48.5 Å². The van der Waals surface area contributed by atoms with E-state index in [1.165, 1.54) is 0 Å². The van der Waals surface area contributed by atoms with Crippen molar-refractivity contribution in [2.75, 3.05) is 12.3 Å². The molecule has 106 valence electrons. The van der Waals surface area contributed by atoms with E-state index in [9.17, 15) is 0 Å². The second kappa shape index (κ2) is 6.85. The molecule has 20 heavy (non-hydrogen) atoms. The van der Waals surface area contributed by atoms with Crippen molar-refractivity contribution in [3.63, 3.8) is 0 Å². The molecule has 2 aromatic carbocycles. The highest BCUT2D eigenvalue weighted by Crippen LogP contribution is 2.31. The van der Waals surface area contributed by atoms with Gasteiger partial charge in [-0.1, -0.05) is 31.2 Å². The van der Waals surface area contributed by atoms with E-state index in [-0.39, 0.29) is 6.10 Å². The SMILES string of the molecule is CCCOc1ccccc1OC(C)c1cccc(N)c1. The molecule has 0 amide bonds. The quantitative estimate of drug-likeness (QED) is 0.801. The summed E-state index contributed by atoms with van der Waals surface area (Å²) in [7, 11) is 0. The van der Waals surface area contributed by atoms with Gasteiger partial charge in [0.05, 0.1) is 6.61 Å². The summed E-state index contributed by atoms with van der Waals surface area (Å²) < 4.78 is 11.7. The van der Waals surface area contributed by atoms with E-state index in [1.54, 1.807) is 0 Å². The summed E-state index contributed by atoms with van der Waals surface area (Å²) in [4.78, 5) is 0. The molecule has 1 unspecified atom stereocenters. The lowest BCUT2D eigenvalue weighted by atomic mass is 10.1. The van der Waals surface area contributed by atoms with Crippen LogP contribution in [0.25, 0.3) is 0 Å². The fraction of sp³-hybridized carbons (Fsp3) is 0.294. The highest BCUT2D eigenvalue weighted by molar-refractivity contribution is 5.43. The number of ether oxygens (including phenoxy) is 2. The number of nitrogen functional groups attached to an aromatic ring is 1. The van der Waals surface area contributed by atoms with E-state index in [2.05, 4.69) is 6.92 Å². The topological polar surface area (TPSA) is 44.5 Å². The van der Waals surface area contributed by atoms with Crippen LogP contribution in [0.5, 0.6) is 11.5 Å². The number of hydrogen-bond acceptors (Lipinski definition) is 3. The first-order valence-electron chi connectivity index (χ1n) is 6.94. The molecule has 0 bridgehead atoms. The molecule has 2 aromatic rings. The molecule has 2 N–H and O–H groups in total. The van der Waals surface area contributed by atoms with Crippen LogP contribution in [-0.4, -0.2) is 6.61 Å². The zero-order valence-corrected chi connectivity index (χ0v) is 12.0. The number of benzene rings is 2. The number of anilines is 1. The third kappa shape index (κ3) is 3.67. The number of nitrogens with two attached hydrogens (primary N) is 1. The molecule has 0 aliphatic heterocycles. The Balaban J connectivity index is 2.13. The molecule has 0 saturated carbocycles. The van der Waals surface area contributed by atoms with Crippen LogP contribution in [-0.2, 0) is 0 Å². The number of para-hydroxylation sites is 2. The summed E-state index contributed by atoms with van der Waals surface area (Å²) in [5.41, 5.74) is 7.60. The van der Waals surface area contributed by atoms with Gasteiger partial charge in [-0.05, 0) is 43.2 Å². The monoisotopic (exact) mass is 271 g/mol. The Hall–Kier alpha value is -2.16. The molecule has 0 heterocycles. The van der Waals surface area contributed by atoms with Crippen LogP contribution in [0.4, 0.5) is 5.69 Å². The van der Waals surface area contributed by atoms with Gasteiger partial charge in [0, 0.05) is 5.69 Å². The number of hydrogen-bond donors (Lipinski definition) is 1. The fourth-order valence-corrected chi connectivity index (χ4v) is 1.95. The molecule has 3 heteroatoms. The van der Waals surface area contributed by atoms with Gasteiger partial charge in [0.25, 0.3) is 0 Å². The Labute approximate surface area is 120 Å². The van der Waals surface area contributed by atoms with Crippen molar-refractivity contribution in [1.82, 2.24) is 0 Å². The van der Waals surface area contributed by atoms with Gasteiger partial charge in [-0.3, -0.25) is 0 Å². The summed E-state index contributed by atoms with van der Waals surface area (Å²) in [5, 5.41) is 0. The third-order valence-corrected chi connectivity index (χ3v) is 2.99. The van der Waals surface area contributed by atoms with Crippen molar-refractivity contribution in [3.8, 4) is 11.5 Å². The number of rotatable bonds is 6. The van der Waals surface area contributed by atoms with E-state index in [0.717, 1.165) is 29.2 Å². The van der Waals surface area contributed by atoms with Crippen molar-refractivity contribution >= 4 is 5.69 Å². The molecule has 0 saturated heterocycles. The van der Waals surface area contributed by atoms with Crippen LogP contribution < -0.4 is 15.2 Å². The molecule has 0 aliphatic rings. The van der Waals surface area contributed by atoms with Gasteiger partial charge < -0.3 is 15.2 Å². The molecule has 3 nitrogen and oxygen atoms in total. The molecular weight excluding hydrogens is 250 g/mol. The fourth-order valence-electron chi connectivity index (χ4n) is 1.95. The van der Waals surface area contributed by atoms with Gasteiger partial charge in [0.2, 0.25) is 0 Å². The molecule has 0 fully saturated rings. The maximum Gasteiger partial charge on any atom is 0.162 e. The van der Waals surface area contributed by atoms with Crippen molar-refractivity contribution in [3.05, 3.63) is 54.1 Å². The van der Waals surface area contributed by atoms with E-state index < -0.39 is 0 Å². The minimum Gasteiger partial charge on any atom is -0.490 e. The van der Waals surface area contributed by atoms with Gasteiger partial charge in [-0.2, -0.15) is 0 Å². The Morgan fingerprint density at radius 1 is 1.05 bits per heavy atom. The summed E-state index contributed by atoms with van der Waals surface area (Å²) in [5.74, 6) is 1.54. The van der Waals surface area contributed by atoms with Gasteiger partial charge in [0.1, 0.15) is 6.10 Å². The molecule has 0 radical (unpaired) electrons. The maximum absolute atomic E-state index is 6.00. The lowest BCUT2D eigenvalue weighted by molar-refractivity contribution is 0.208. The summed E-state index contributed by atoms with van der Waals surface area (Å²) >= 11 is 0. The average molecular weight is 271 g/mol. The van der Waals surface area contributed by atoms with Gasteiger partial charge in [0.15, 0.2) is 11.5 Å². The van der Waals surface area contributed by atoms with Gasteiger partial charge in [-0.15, -0.1) is 0 Å². The van der Waals surface area contributed by atoms with E-state index in [1.807, 2.05) is 55.5 Å². The molecule has 2 rings (SSSR count). The molecule has 0 aliphatic carbocycles. The molecule has 0 spiro atoms. The van der Waals surface area contributed by atoms with Crippen LogP contribution in [0.1, 0.15) is 31.9 Å². The molecule has 1 atom stereocenters. The average Bonchev–Trinajstić information content (AvgIpc) is 2.46. The van der Waals surface area contributed by atoms with E-state index >= 15 is 0 Å². The minimum absolute atomic E-state index is 0.0788. The summed E-state index contributed by atoms with van der Waals surface area (Å²) in [6, 6.07) is 15.5. The predicted molar refractivity (Wildman–Crippen MR) is 82.1 cm³/mol. The largest absolute Gasteiger partial charge is 0.490 e. The van der Waals surface area contributed by atoms with Crippen molar-refractivity contribution in [1.29, 1.82) is 0 Å². The Morgan fingerprint density at radius 3 is 2.50 bits per heavy atom. The highest BCUT2D eigenvalue weighted by Gasteiger charge is 2.11. The summed E-state index contributed by atoms with van der Waals surface area (Å²) in [6.07, 6.45) is 0.893. The zero-order chi connectivity index (χ0) is 14.4. The standard InChI is InChI=1S/C17H21NO2/c1-3-11-19-16-9-4-5-10-17(16)20-13(2)14-7-6-8-15(18)12-14/h4-10,12-13H,3,11,18H2,1-2H3. The Kier molecular flexibility index (Phi) is 4.88. The maximum atomic E-state index is 6.00. The first-order chi connectivity index (χ1) is 9.70. The van der Waals surface area contributed by atoms with Crippen molar-refractivity contribution in [2.45, 2.75) is 26.4 Å². The lowest BCUT2D eigenvalue weighted by Crippen LogP contribution is -2.05.